The first-order chi connectivity index (χ1) is 27.7. The lowest BCUT2D eigenvalue weighted by molar-refractivity contribution is -0.142. The number of alkyl halides is 6. The van der Waals surface area contributed by atoms with E-state index in [1.165, 1.54) is 33.0 Å². The van der Waals surface area contributed by atoms with Gasteiger partial charge >= 0.3 is 12.4 Å². The molecule has 1 aromatic heterocycles. The van der Waals surface area contributed by atoms with Gasteiger partial charge in [0.05, 0.1) is 70.8 Å². The van der Waals surface area contributed by atoms with Crippen molar-refractivity contribution < 1.29 is 59.6 Å². The Kier molecular flexibility index (Phi) is 14.4. The molecule has 5 rings (SSSR count). The van der Waals surface area contributed by atoms with Crippen molar-refractivity contribution in [3.8, 4) is 56.9 Å². The van der Waals surface area contributed by atoms with Crippen LogP contribution in [0, 0.1) is 0 Å². The molecule has 0 saturated carbocycles. The van der Waals surface area contributed by atoms with E-state index in [-0.39, 0.29) is 36.3 Å². The minimum Gasteiger partial charge on any atom is -0.493 e. The average molecular weight is 816 g/mol. The minimum absolute atomic E-state index is 0.0850. The van der Waals surface area contributed by atoms with Gasteiger partial charge in [-0.15, -0.1) is 0 Å². The fourth-order valence-electron chi connectivity index (χ4n) is 6.29. The highest BCUT2D eigenvalue weighted by molar-refractivity contribution is 5.96. The Morgan fingerprint density at radius 3 is 1.83 bits per heavy atom. The van der Waals surface area contributed by atoms with Crippen molar-refractivity contribution in [3.05, 3.63) is 101 Å². The Hall–Kier alpha value is -5.58. The average Bonchev–Trinajstić information content (AvgIpc) is 3.59. The third-order valence-electron chi connectivity index (χ3n) is 9.12. The monoisotopic (exact) mass is 815 g/mol. The number of nitrogens with zero attached hydrogens (tertiary/aromatic N) is 2. The summed E-state index contributed by atoms with van der Waals surface area (Å²) in [6.45, 7) is 1.84. The fourth-order valence-corrected chi connectivity index (χ4v) is 6.29. The molecule has 0 atom stereocenters. The van der Waals surface area contributed by atoms with Crippen LogP contribution in [0.3, 0.4) is 0 Å². The number of halogens is 6. The predicted octanol–water partition coefficient (Wildman–Crippen LogP) is 8.96. The number of nitrogens with two attached hydrogens (primary N) is 1. The molecule has 10 nitrogen and oxygen atoms in total. The maximum atomic E-state index is 14.8. The highest BCUT2D eigenvalue weighted by Gasteiger charge is 2.40. The van der Waals surface area contributed by atoms with Gasteiger partial charge < -0.3 is 38.7 Å². The summed E-state index contributed by atoms with van der Waals surface area (Å²) >= 11 is 0. The lowest BCUT2D eigenvalue weighted by Crippen LogP contribution is -2.14. The van der Waals surface area contributed by atoms with E-state index >= 15 is 0 Å². The highest BCUT2D eigenvalue weighted by Crippen LogP contribution is 2.45. The molecule has 0 aliphatic heterocycles. The first-order valence-corrected chi connectivity index (χ1v) is 18.1. The van der Waals surface area contributed by atoms with Crippen LogP contribution in [0.5, 0.6) is 23.0 Å². The summed E-state index contributed by atoms with van der Waals surface area (Å²) in [7, 11) is 5.73. The third-order valence-corrected chi connectivity index (χ3v) is 9.12. The molecule has 0 amide bonds. The van der Waals surface area contributed by atoms with Crippen LogP contribution >= 0.6 is 0 Å². The number of Topliss-reactive ketones (excluding diaryl/α,β-unsaturated/α-hetero) is 1. The number of hydrogen-bond acceptors (Lipinski definition) is 9. The Morgan fingerprint density at radius 2 is 1.26 bits per heavy atom. The van der Waals surface area contributed by atoms with Crippen LogP contribution in [-0.4, -0.2) is 76.7 Å². The Labute approximate surface area is 331 Å². The molecule has 16 heteroatoms. The molecule has 5 aromatic rings. The summed E-state index contributed by atoms with van der Waals surface area (Å²) in [5.74, 6) is 0.921. The van der Waals surface area contributed by atoms with Gasteiger partial charge in [0.1, 0.15) is 5.82 Å². The van der Waals surface area contributed by atoms with Crippen LogP contribution in [0.1, 0.15) is 39.9 Å². The highest BCUT2D eigenvalue weighted by atomic mass is 19.4. The van der Waals surface area contributed by atoms with E-state index in [0.29, 0.717) is 96.4 Å². The molecule has 0 saturated heterocycles. The summed E-state index contributed by atoms with van der Waals surface area (Å²) in [6, 6.07) is 17.7. The number of ketones is 1. The van der Waals surface area contributed by atoms with E-state index < -0.39 is 29.0 Å². The van der Waals surface area contributed by atoms with Crippen molar-refractivity contribution in [1.29, 1.82) is 0 Å². The number of benzene rings is 4. The molecule has 310 valence electrons. The van der Waals surface area contributed by atoms with Crippen LogP contribution in [0.2, 0.25) is 0 Å². The maximum absolute atomic E-state index is 14.8. The van der Waals surface area contributed by atoms with E-state index in [2.05, 4.69) is 0 Å². The molecule has 0 unspecified atom stereocenters. The second-order valence-corrected chi connectivity index (χ2v) is 12.9. The standard InChI is InChI=1S/C42H43F6N3O7/c1-53-34-15-11-28(22-36(34)55-3)38-39(29-12-16-35(54-2)37(23-29)56-4)51(40(50-38)31-14-13-30(41(43,44)45)24-32(31)42(46,47)48)25-26-7-9-27(10-8-26)33(52)6-5-18-57-20-21-58-19-17-49/h7-16,22-24H,5-6,17-21,25,49H2,1-4H3. The smallest absolute Gasteiger partial charge is 0.417 e. The number of carbonyl (C=O) groups is 1. The lowest BCUT2D eigenvalue weighted by atomic mass is 10.0. The van der Waals surface area contributed by atoms with E-state index in [0.717, 1.165) is 6.07 Å². The van der Waals surface area contributed by atoms with Gasteiger partial charge in [-0.3, -0.25) is 4.79 Å². The molecule has 0 spiro atoms. The SMILES string of the molecule is COc1ccc(-c2nc(-c3ccc(C(F)(F)F)cc3C(F)(F)F)n(Cc3ccc(C(=O)CCCOCCOCCN)cc3)c2-c2ccc(OC)c(OC)c2)cc1OC. The molecule has 0 bridgehead atoms. The summed E-state index contributed by atoms with van der Waals surface area (Å²) in [4.78, 5) is 17.8. The molecular weight excluding hydrogens is 772 g/mol. The van der Waals surface area contributed by atoms with Crippen molar-refractivity contribution in [2.45, 2.75) is 31.7 Å². The topological polar surface area (TPSA) is 116 Å². The van der Waals surface area contributed by atoms with E-state index in [1.54, 1.807) is 60.7 Å². The summed E-state index contributed by atoms with van der Waals surface area (Å²) in [5.41, 5.74) is 4.08. The second-order valence-electron chi connectivity index (χ2n) is 12.9. The van der Waals surface area contributed by atoms with Gasteiger partial charge in [0, 0.05) is 48.4 Å². The molecule has 2 N–H and O–H groups in total. The zero-order chi connectivity index (χ0) is 42.0. The van der Waals surface area contributed by atoms with E-state index in [9.17, 15) is 31.1 Å². The van der Waals surface area contributed by atoms with Crippen molar-refractivity contribution in [3.63, 3.8) is 0 Å². The van der Waals surface area contributed by atoms with Crippen LogP contribution in [0.25, 0.3) is 33.9 Å². The lowest BCUT2D eigenvalue weighted by Gasteiger charge is -2.19. The van der Waals surface area contributed by atoms with Crippen molar-refractivity contribution >= 4 is 5.78 Å². The summed E-state index contributed by atoms with van der Waals surface area (Å²) in [6.07, 6.45) is -9.57. The molecule has 1 heterocycles. The molecule has 0 fully saturated rings. The number of ether oxygens (including phenoxy) is 6. The molecule has 58 heavy (non-hydrogen) atoms. The number of rotatable bonds is 19. The quantitative estimate of drug-likeness (QED) is 0.0496. The molecule has 4 aromatic carbocycles. The number of aromatic nitrogens is 2. The summed E-state index contributed by atoms with van der Waals surface area (Å²) in [5, 5.41) is 0. The summed E-state index contributed by atoms with van der Waals surface area (Å²) < 4.78 is 120. The first kappa shape index (κ1) is 43.5. The Morgan fingerprint density at radius 1 is 0.672 bits per heavy atom. The number of carbonyl (C=O) groups excluding carboxylic acids is 1. The number of methoxy groups -OCH3 is 4. The van der Waals surface area contributed by atoms with Crippen LogP contribution in [0.15, 0.2) is 78.9 Å². The van der Waals surface area contributed by atoms with Gasteiger partial charge in [-0.25, -0.2) is 4.98 Å². The van der Waals surface area contributed by atoms with Gasteiger partial charge in [0.2, 0.25) is 0 Å². The van der Waals surface area contributed by atoms with Gasteiger partial charge in [-0.05, 0) is 60.5 Å². The Balaban J connectivity index is 1.66. The second kappa shape index (κ2) is 19.2. The predicted molar refractivity (Wildman–Crippen MR) is 205 cm³/mol. The normalized spacial score (nSPS) is 11.8. The molecule has 0 radical (unpaired) electrons. The number of hydrogen-bond donors (Lipinski definition) is 1. The zero-order valence-electron chi connectivity index (χ0n) is 32.3. The maximum Gasteiger partial charge on any atom is 0.417 e. The molecule has 0 aliphatic rings. The van der Waals surface area contributed by atoms with Crippen LogP contribution in [-0.2, 0) is 28.4 Å². The fraction of sp³-hybridized carbons (Fsp3) is 0.333. The van der Waals surface area contributed by atoms with Crippen LogP contribution < -0.4 is 24.7 Å². The zero-order valence-corrected chi connectivity index (χ0v) is 32.3. The Bertz CT molecular complexity index is 2170. The van der Waals surface area contributed by atoms with E-state index in [1.807, 2.05) is 0 Å². The van der Waals surface area contributed by atoms with Crippen LogP contribution in [0.4, 0.5) is 26.3 Å². The molecular formula is C42H43F6N3O7. The van der Waals surface area contributed by atoms with Crippen molar-refractivity contribution in [2.75, 3.05) is 61.4 Å². The van der Waals surface area contributed by atoms with Gasteiger partial charge in [0.15, 0.2) is 28.8 Å². The van der Waals surface area contributed by atoms with Gasteiger partial charge in [-0.1, -0.05) is 30.3 Å². The largest absolute Gasteiger partial charge is 0.493 e. The molecule has 0 aliphatic carbocycles. The minimum atomic E-state index is -5.20. The first-order valence-electron chi connectivity index (χ1n) is 18.1. The van der Waals surface area contributed by atoms with Gasteiger partial charge in [0.25, 0.3) is 0 Å². The van der Waals surface area contributed by atoms with Gasteiger partial charge in [-0.2, -0.15) is 26.3 Å². The third kappa shape index (κ3) is 10.3. The number of imidazole rings is 1. The van der Waals surface area contributed by atoms with Crippen molar-refractivity contribution in [1.82, 2.24) is 9.55 Å². The van der Waals surface area contributed by atoms with E-state index in [4.69, 9.17) is 39.1 Å². The van der Waals surface area contributed by atoms with Crippen molar-refractivity contribution in [2.24, 2.45) is 5.73 Å².